The zero-order valence-corrected chi connectivity index (χ0v) is 14.1. The highest BCUT2D eigenvalue weighted by Gasteiger charge is 2.22. The normalized spacial score (nSPS) is 16.2. The van der Waals surface area contributed by atoms with Crippen LogP contribution in [0.3, 0.4) is 0 Å². The number of pyridine rings is 1. The van der Waals surface area contributed by atoms with Crippen LogP contribution < -0.4 is 15.4 Å². The van der Waals surface area contributed by atoms with Crippen LogP contribution in [0, 0.1) is 6.92 Å². The lowest BCUT2D eigenvalue weighted by molar-refractivity contribution is 0.232. The van der Waals surface area contributed by atoms with Crippen molar-refractivity contribution in [2.75, 3.05) is 11.9 Å². The third-order valence-electron chi connectivity index (χ3n) is 4.38. The van der Waals surface area contributed by atoms with Crippen molar-refractivity contribution in [3.05, 3.63) is 47.8 Å². The second-order valence-corrected chi connectivity index (χ2v) is 6.13. The SMILES string of the molecule is Cc1nn(C)c2ncc(NC(=O)NC3CCOc4ccccc43)cc12. The zero-order valence-electron chi connectivity index (χ0n) is 14.1. The van der Waals surface area contributed by atoms with Gasteiger partial charge in [-0.2, -0.15) is 5.10 Å². The largest absolute Gasteiger partial charge is 0.493 e. The molecule has 0 saturated heterocycles. The van der Waals surface area contributed by atoms with Gasteiger partial charge in [0, 0.05) is 24.4 Å². The van der Waals surface area contributed by atoms with Crippen LogP contribution in [0.1, 0.15) is 23.7 Å². The smallest absolute Gasteiger partial charge is 0.319 e. The van der Waals surface area contributed by atoms with Crippen LogP contribution in [-0.2, 0) is 7.05 Å². The second-order valence-electron chi connectivity index (χ2n) is 6.13. The molecule has 1 unspecified atom stereocenters. The van der Waals surface area contributed by atoms with Gasteiger partial charge in [0.05, 0.1) is 30.2 Å². The Morgan fingerprint density at radius 1 is 1.36 bits per heavy atom. The van der Waals surface area contributed by atoms with E-state index in [0.717, 1.165) is 34.5 Å². The van der Waals surface area contributed by atoms with Gasteiger partial charge in [0.2, 0.25) is 0 Å². The van der Waals surface area contributed by atoms with E-state index in [0.29, 0.717) is 12.3 Å². The van der Waals surface area contributed by atoms with Gasteiger partial charge in [0.25, 0.3) is 0 Å². The van der Waals surface area contributed by atoms with Crippen LogP contribution in [0.2, 0.25) is 0 Å². The summed E-state index contributed by atoms with van der Waals surface area (Å²) in [6.45, 7) is 2.51. The van der Waals surface area contributed by atoms with E-state index in [1.807, 2.05) is 44.3 Å². The fourth-order valence-corrected chi connectivity index (χ4v) is 3.19. The number of urea groups is 1. The van der Waals surface area contributed by atoms with Crippen molar-refractivity contribution < 1.29 is 9.53 Å². The number of fused-ring (bicyclic) bond motifs is 2. The molecule has 4 rings (SSSR count). The molecule has 0 aliphatic carbocycles. The van der Waals surface area contributed by atoms with E-state index < -0.39 is 0 Å². The number of benzene rings is 1. The van der Waals surface area contributed by atoms with Crippen LogP contribution in [-0.4, -0.2) is 27.4 Å². The molecule has 0 saturated carbocycles. The van der Waals surface area contributed by atoms with E-state index in [1.165, 1.54) is 0 Å². The van der Waals surface area contributed by atoms with Gasteiger partial charge in [-0.05, 0) is 19.1 Å². The van der Waals surface area contributed by atoms with Gasteiger partial charge in [-0.15, -0.1) is 0 Å². The number of rotatable bonds is 2. The van der Waals surface area contributed by atoms with Crippen molar-refractivity contribution >= 4 is 22.8 Å². The highest BCUT2D eigenvalue weighted by atomic mass is 16.5. The molecule has 2 amide bonds. The molecule has 7 nitrogen and oxygen atoms in total. The molecular formula is C18H19N5O2. The molecule has 3 heterocycles. The third-order valence-corrected chi connectivity index (χ3v) is 4.38. The van der Waals surface area contributed by atoms with E-state index in [-0.39, 0.29) is 12.1 Å². The minimum absolute atomic E-state index is 0.0678. The van der Waals surface area contributed by atoms with E-state index >= 15 is 0 Å². The number of carbonyl (C=O) groups excluding carboxylic acids is 1. The van der Waals surface area contributed by atoms with Crippen molar-refractivity contribution in [3.63, 3.8) is 0 Å². The highest BCUT2D eigenvalue weighted by molar-refractivity contribution is 5.92. The van der Waals surface area contributed by atoms with E-state index in [1.54, 1.807) is 10.9 Å². The number of nitrogens with zero attached hydrogens (tertiary/aromatic N) is 3. The van der Waals surface area contributed by atoms with Crippen LogP contribution in [0.4, 0.5) is 10.5 Å². The predicted octanol–water partition coefficient (Wildman–Crippen LogP) is 2.92. The van der Waals surface area contributed by atoms with Crippen LogP contribution >= 0.6 is 0 Å². The number of nitrogens with one attached hydrogen (secondary N) is 2. The summed E-state index contributed by atoms with van der Waals surface area (Å²) in [6, 6.07) is 9.34. The summed E-state index contributed by atoms with van der Waals surface area (Å²) in [4.78, 5) is 16.8. The van der Waals surface area contributed by atoms with Crippen molar-refractivity contribution in [2.24, 2.45) is 7.05 Å². The topological polar surface area (TPSA) is 81.1 Å². The maximum Gasteiger partial charge on any atom is 0.319 e. The van der Waals surface area contributed by atoms with Gasteiger partial charge in [-0.25, -0.2) is 9.78 Å². The van der Waals surface area contributed by atoms with Crippen LogP contribution in [0.25, 0.3) is 11.0 Å². The van der Waals surface area contributed by atoms with Crippen molar-refractivity contribution in [1.82, 2.24) is 20.1 Å². The van der Waals surface area contributed by atoms with Gasteiger partial charge in [-0.3, -0.25) is 4.68 Å². The maximum atomic E-state index is 12.4. The number of hydrogen-bond acceptors (Lipinski definition) is 4. The van der Waals surface area contributed by atoms with Crippen LogP contribution in [0.15, 0.2) is 36.5 Å². The molecule has 3 aromatic rings. The Labute approximate surface area is 145 Å². The minimum Gasteiger partial charge on any atom is -0.493 e. The number of anilines is 1. The van der Waals surface area contributed by atoms with Gasteiger partial charge < -0.3 is 15.4 Å². The van der Waals surface area contributed by atoms with Crippen molar-refractivity contribution in [1.29, 1.82) is 0 Å². The monoisotopic (exact) mass is 337 g/mol. The summed E-state index contributed by atoms with van der Waals surface area (Å²) in [6.07, 6.45) is 2.38. The molecule has 1 aromatic carbocycles. The second kappa shape index (κ2) is 6.08. The lowest BCUT2D eigenvalue weighted by atomic mass is 10.0. The number of aromatic nitrogens is 3. The number of para-hydroxylation sites is 1. The summed E-state index contributed by atoms with van der Waals surface area (Å²) < 4.78 is 7.36. The first-order valence-electron chi connectivity index (χ1n) is 8.20. The number of ether oxygens (including phenoxy) is 1. The molecular weight excluding hydrogens is 318 g/mol. The zero-order chi connectivity index (χ0) is 17.4. The first kappa shape index (κ1) is 15.4. The average molecular weight is 337 g/mol. The molecule has 0 fully saturated rings. The predicted molar refractivity (Wildman–Crippen MR) is 94.7 cm³/mol. The summed E-state index contributed by atoms with van der Waals surface area (Å²) in [5, 5.41) is 11.1. The van der Waals surface area contributed by atoms with Gasteiger partial charge in [0.15, 0.2) is 5.65 Å². The Bertz CT molecular complexity index is 950. The molecule has 1 aliphatic rings. The molecule has 128 valence electrons. The first-order chi connectivity index (χ1) is 12.1. The van der Waals surface area contributed by atoms with Crippen molar-refractivity contribution in [2.45, 2.75) is 19.4 Å². The molecule has 25 heavy (non-hydrogen) atoms. The summed E-state index contributed by atoms with van der Waals surface area (Å²) in [7, 11) is 1.85. The maximum absolute atomic E-state index is 12.4. The molecule has 7 heteroatoms. The van der Waals surface area contributed by atoms with Gasteiger partial charge >= 0.3 is 6.03 Å². The van der Waals surface area contributed by atoms with Gasteiger partial charge in [-0.1, -0.05) is 18.2 Å². The molecule has 2 aromatic heterocycles. The quantitative estimate of drug-likeness (QED) is 0.753. The Morgan fingerprint density at radius 2 is 2.20 bits per heavy atom. The molecule has 1 aliphatic heterocycles. The van der Waals surface area contributed by atoms with E-state index in [2.05, 4.69) is 20.7 Å². The van der Waals surface area contributed by atoms with Gasteiger partial charge in [0.1, 0.15) is 5.75 Å². The Morgan fingerprint density at radius 3 is 3.08 bits per heavy atom. The summed E-state index contributed by atoms with van der Waals surface area (Å²) >= 11 is 0. The Hall–Kier alpha value is -3.09. The summed E-state index contributed by atoms with van der Waals surface area (Å²) in [5.74, 6) is 0.827. The standard InChI is InChI=1S/C18H19N5O2/c1-11-14-9-12(10-19-17(14)23(2)22-11)20-18(24)21-15-7-8-25-16-6-4-3-5-13(15)16/h3-6,9-10,15H,7-8H2,1-2H3,(H2,20,21,24). The molecule has 0 bridgehead atoms. The molecule has 1 atom stereocenters. The fraction of sp³-hybridized carbons (Fsp3) is 0.278. The first-order valence-corrected chi connectivity index (χ1v) is 8.20. The highest BCUT2D eigenvalue weighted by Crippen LogP contribution is 2.31. The Balaban J connectivity index is 1.51. The molecule has 0 radical (unpaired) electrons. The molecule has 0 spiro atoms. The minimum atomic E-state index is -0.260. The Kier molecular flexibility index (Phi) is 3.76. The number of carbonyl (C=O) groups is 1. The van der Waals surface area contributed by atoms with Crippen LogP contribution in [0.5, 0.6) is 5.75 Å². The molecule has 2 N–H and O–H groups in total. The third kappa shape index (κ3) is 2.88. The lowest BCUT2D eigenvalue weighted by Gasteiger charge is -2.26. The fourth-order valence-electron chi connectivity index (χ4n) is 3.19. The average Bonchev–Trinajstić information content (AvgIpc) is 2.89. The number of amides is 2. The number of aryl methyl sites for hydroxylation is 2. The lowest BCUT2D eigenvalue weighted by Crippen LogP contribution is -2.35. The summed E-state index contributed by atoms with van der Waals surface area (Å²) in [5.41, 5.74) is 3.32. The van der Waals surface area contributed by atoms with E-state index in [4.69, 9.17) is 4.74 Å². The van der Waals surface area contributed by atoms with E-state index in [9.17, 15) is 4.79 Å². The van der Waals surface area contributed by atoms with Crippen molar-refractivity contribution in [3.8, 4) is 5.75 Å². The number of hydrogen-bond donors (Lipinski definition) is 2.